The van der Waals surface area contributed by atoms with E-state index in [2.05, 4.69) is 36.6 Å². The van der Waals surface area contributed by atoms with E-state index in [0.29, 0.717) is 16.9 Å². The molecule has 0 saturated heterocycles. The van der Waals surface area contributed by atoms with Crippen molar-refractivity contribution < 1.29 is 8.42 Å². The van der Waals surface area contributed by atoms with Gasteiger partial charge in [-0.1, -0.05) is 15.9 Å². The Kier molecular flexibility index (Phi) is 6.61. The van der Waals surface area contributed by atoms with Gasteiger partial charge < -0.3 is 0 Å². The molecule has 1 N–H and O–H groups in total. The van der Waals surface area contributed by atoms with Crippen LogP contribution in [0.3, 0.4) is 0 Å². The van der Waals surface area contributed by atoms with Gasteiger partial charge in [-0.15, -0.1) is 11.6 Å². The fourth-order valence-corrected chi connectivity index (χ4v) is 4.28. The zero-order valence-electron chi connectivity index (χ0n) is 9.84. The van der Waals surface area contributed by atoms with E-state index in [9.17, 15) is 8.42 Å². The van der Waals surface area contributed by atoms with Crippen LogP contribution >= 0.6 is 43.5 Å². The first-order valence-electron chi connectivity index (χ1n) is 5.40. The van der Waals surface area contributed by atoms with Gasteiger partial charge in [0.2, 0.25) is 10.0 Å². The van der Waals surface area contributed by atoms with Gasteiger partial charge >= 0.3 is 0 Å². The fraction of sp³-hybridized carbons (Fsp3) is 0.455. The maximum Gasteiger partial charge on any atom is 0.241 e. The topological polar surface area (TPSA) is 46.2 Å². The summed E-state index contributed by atoms with van der Waals surface area (Å²) >= 11 is 12.2. The van der Waals surface area contributed by atoms with Gasteiger partial charge in [-0.2, -0.15) is 0 Å². The number of hydrogen-bond acceptors (Lipinski definition) is 2. The average molecular weight is 420 g/mol. The third kappa shape index (κ3) is 4.49. The average Bonchev–Trinajstić information content (AvgIpc) is 2.29. The van der Waals surface area contributed by atoms with Crippen LogP contribution in [-0.2, 0) is 10.0 Å². The van der Waals surface area contributed by atoms with E-state index < -0.39 is 10.0 Å². The molecular formula is C11H14Br2ClNO2S. The molecule has 18 heavy (non-hydrogen) atoms. The molecule has 102 valence electrons. The Labute approximate surface area is 130 Å². The monoisotopic (exact) mass is 417 g/mol. The smallest absolute Gasteiger partial charge is 0.211 e. The number of nitrogens with one attached hydrogen (secondary N) is 1. The van der Waals surface area contributed by atoms with Crippen molar-refractivity contribution in [2.75, 3.05) is 12.4 Å². The number of benzene rings is 1. The van der Waals surface area contributed by atoms with E-state index in [1.54, 1.807) is 12.1 Å². The van der Waals surface area contributed by atoms with Gasteiger partial charge in [0.25, 0.3) is 0 Å². The van der Waals surface area contributed by atoms with Crippen molar-refractivity contribution in [1.29, 1.82) is 0 Å². The summed E-state index contributed by atoms with van der Waals surface area (Å²) in [6.45, 7) is 2.30. The highest BCUT2D eigenvalue weighted by Gasteiger charge is 2.18. The molecule has 0 aromatic heterocycles. The number of alkyl halides is 1. The molecule has 7 heteroatoms. The van der Waals surface area contributed by atoms with Gasteiger partial charge in [0.1, 0.15) is 0 Å². The molecule has 0 bridgehead atoms. The first-order valence-corrected chi connectivity index (χ1v) is 9.00. The molecule has 0 amide bonds. The second-order valence-corrected chi connectivity index (χ2v) is 7.65. The molecule has 0 fully saturated rings. The first-order chi connectivity index (χ1) is 8.38. The SMILES string of the molecule is Cc1cc(Br)c(S(=O)(=O)NCCCCCl)cc1Br. The summed E-state index contributed by atoms with van der Waals surface area (Å²) < 4.78 is 28.1. The van der Waals surface area contributed by atoms with Crippen molar-refractivity contribution in [2.45, 2.75) is 24.7 Å². The van der Waals surface area contributed by atoms with Crippen LogP contribution in [0, 0.1) is 6.92 Å². The molecule has 0 atom stereocenters. The minimum atomic E-state index is -3.48. The van der Waals surface area contributed by atoms with E-state index in [1.807, 2.05) is 6.92 Å². The predicted octanol–water partition coefficient (Wildman–Crippen LogP) is 3.82. The lowest BCUT2D eigenvalue weighted by Crippen LogP contribution is -2.25. The number of hydrogen-bond donors (Lipinski definition) is 1. The highest BCUT2D eigenvalue weighted by atomic mass is 79.9. The minimum Gasteiger partial charge on any atom is -0.211 e. The third-order valence-electron chi connectivity index (χ3n) is 2.36. The maximum absolute atomic E-state index is 12.1. The summed E-state index contributed by atoms with van der Waals surface area (Å²) in [7, 11) is -3.48. The summed E-state index contributed by atoms with van der Waals surface area (Å²) in [6.07, 6.45) is 1.52. The zero-order chi connectivity index (χ0) is 13.8. The fourth-order valence-electron chi connectivity index (χ4n) is 1.34. The van der Waals surface area contributed by atoms with Crippen molar-refractivity contribution >= 4 is 53.5 Å². The molecule has 1 aromatic carbocycles. The lowest BCUT2D eigenvalue weighted by atomic mass is 10.2. The van der Waals surface area contributed by atoms with Gasteiger partial charge in [0.05, 0.1) is 4.90 Å². The molecule has 0 spiro atoms. The van der Waals surface area contributed by atoms with Crippen LogP contribution in [0.25, 0.3) is 0 Å². The number of unbranched alkanes of at least 4 members (excludes halogenated alkanes) is 1. The van der Waals surface area contributed by atoms with Crippen LogP contribution in [-0.4, -0.2) is 20.8 Å². The molecule has 0 aliphatic rings. The van der Waals surface area contributed by atoms with E-state index in [1.165, 1.54) is 0 Å². The summed E-state index contributed by atoms with van der Waals surface area (Å²) in [4.78, 5) is 0.242. The van der Waals surface area contributed by atoms with Crippen molar-refractivity contribution in [2.24, 2.45) is 0 Å². The molecule has 0 aliphatic heterocycles. The molecule has 1 rings (SSSR count). The molecule has 0 saturated carbocycles. The Morgan fingerprint density at radius 3 is 2.50 bits per heavy atom. The standard InChI is InChI=1S/C11H14Br2ClNO2S/c1-8-6-10(13)11(7-9(8)12)18(16,17)15-5-3-2-4-14/h6-7,15H,2-5H2,1H3. The zero-order valence-corrected chi connectivity index (χ0v) is 14.6. The molecule has 0 radical (unpaired) electrons. The summed E-state index contributed by atoms with van der Waals surface area (Å²) in [5.41, 5.74) is 0.975. The van der Waals surface area contributed by atoms with Gasteiger partial charge in [-0.05, 0) is 53.4 Å². The Balaban J connectivity index is 2.88. The van der Waals surface area contributed by atoms with Crippen molar-refractivity contribution in [3.63, 3.8) is 0 Å². The summed E-state index contributed by atoms with van der Waals surface area (Å²) in [5.74, 6) is 0.543. The number of sulfonamides is 1. The van der Waals surface area contributed by atoms with Crippen LogP contribution in [0.4, 0.5) is 0 Å². The Bertz CT molecular complexity index is 520. The van der Waals surface area contributed by atoms with Crippen molar-refractivity contribution in [3.8, 4) is 0 Å². The van der Waals surface area contributed by atoms with Crippen molar-refractivity contribution in [3.05, 3.63) is 26.6 Å². The van der Waals surface area contributed by atoms with Gasteiger partial charge in [0.15, 0.2) is 0 Å². The van der Waals surface area contributed by atoms with E-state index in [-0.39, 0.29) is 4.90 Å². The largest absolute Gasteiger partial charge is 0.241 e. The normalized spacial score (nSPS) is 11.8. The number of halogens is 3. The Morgan fingerprint density at radius 1 is 1.22 bits per heavy atom. The van der Waals surface area contributed by atoms with Crippen molar-refractivity contribution in [1.82, 2.24) is 4.72 Å². The van der Waals surface area contributed by atoms with Gasteiger partial charge in [-0.3, -0.25) is 0 Å². The van der Waals surface area contributed by atoms with Gasteiger partial charge in [-0.25, -0.2) is 13.1 Å². The highest BCUT2D eigenvalue weighted by Crippen LogP contribution is 2.28. The lowest BCUT2D eigenvalue weighted by molar-refractivity contribution is 0.578. The molecular weight excluding hydrogens is 405 g/mol. The van der Waals surface area contributed by atoms with Crippen LogP contribution in [0.5, 0.6) is 0 Å². The predicted molar refractivity (Wildman–Crippen MR) is 81.7 cm³/mol. The Hall–Kier alpha value is 0.380. The van der Waals surface area contributed by atoms with Crippen LogP contribution in [0.1, 0.15) is 18.4 Å². The molecule has 0 heterocycles. The number of aryl methyl sites for hydroxylation is 1. The molecule has 0 unspecified atom stereocenters. The molecule has 1 aromatic rings. The molecule has 0 aliphatic carbocycles. The first kappa shape index (κ1) is 16.4. The maximum atomic E-state index is 12.1. The van der Waals surface area contributed by atoms with E-state index in [4.69, 9.17) is 11.6 Å². The second kappa shape index (κ2) is 7.24. The minimum absolute atomic E-state index is 0.242. The molecule has 3 nitrogen and oxygen atoms in total. The lowest BCUT2D eigenvalue weighted by Gasteiger charge is -2.10. The summed E-state index contributed by atoms with van der Waals surface area (Å²) in [6, 6.07) is 3.38. The number of rotatable bonds is 6. The third-order valence-corrected chi connectivity index (χ3v) is 5.90. The Morgan fingerprint density at radius 2 is 1.89 bits per heavy atom. The van der Waals surface area contributed by atoms with Crippen LogP contribution in [0.15, 0.2) is 26.0 Å². The van der Waals surface area contributed by atoms with Crippen LogP contribution < -0.4 is 4.72 Å². The quantitative estimate of drug-likeness (QED) is 0.563. The van der Waals surface area contributed by atoms with E-state index >= 15 is 0 Å². The second-order valence-electron chi connectivity index (χ2n) is 3.83. The van der Waals surface area contributed by atoms with Crippen LogP contribution in [0.2, 0.25) is 0 Å². The van der Waals surface area contributed by atoms with E-state index in [0.717, 1.165) is 22.9 Å². The highest BCUT2D eigenvalue weighted by molar-refractivity contribution is 9.11. The summed E-state index contributed by atoms with van der Waals surface area (Å²) in [5, 5.41) is 0. The van der Waals surface area contributed by atoms with Gasteiger partial charge in [0, 0.05) is 21.4 Å².